The highest BCUT2D eigenvalue weighted by Crippen LogP contribution is 2.37. The van der Waals surface area contributed by atoms with E-state index in [1.54, 1.807) is 12.2 Å². The average Bonchev–Trinajstić information content (AvgIpc) is 3.41. The molecule has 0 amide bonds. The summed E-state index contributed by atoms with van der Waals surface area (Å²) < 4.78 is 26.3. The van der Waals surface area contributed by atoms with Crippen LogP contribution in [0, 0.1) is 11.8 Å². The Morgan fingerprint density at radius 1 is 0.696 bits per heavy atom. The van der Waals surface area contributed by atoms with Gasteiger partial charge in [0.05, 0.1) is 24.9 Å². The highest BCUT2D eigenvalue weighted by molar-refractivity contribution is 7.46. The second kappa shape index (κ2) is 33.0. The average molecular weight is 817 g/mol. The van der Waals surface area contributed by atoms with E-state index in [9.17, 15) is 34.3 Å². The van der Waals surface area contributed by atoms with Crippen molar-refractivity contribution in [2.75, 3.05) is 13.2 Å². The molecule has 0 bridgehead atoms. The van der Waals surface area contributed by atoms with E-state index in [1.165, 1.54) is 57.8 Å². The van der Waals surface area contributed by atoms with Crippen molar-refractivity contribution in [1.29, 1.82) is 0 Å². The molecule has 326 valence electrons. The third kappa shape index (κ3) is 28.5. The van der Waals surface area contributed by atoms with Gasteiger partial charge in [-0.25, -0.2) is 4.57 Å². The van der Waals surface area contributed by atoms with Crippen molar-refractivity contribution in [1.82, 2.24) is 0 Å². The first-order valence-electron chi connectivity index (χ1n) is 21.8. The SMILES string of the molecule is CCCCCCCC/C=C\CCCCCCCCCC(=O)O[C@H](COC(=O)CCCCC(=O)C[C@@H]1[C@@H](/C=C/[C@@H](O)CCCCC)[C@H](O)C[C@@H]1O)COP(=O)(O)O. The minimum absolute atomic E-state index is 0.0185. The molecule has 56 heavy (non-hydrogen) atoms. The Hall–Kier alpha value is -1.92. The van der Waals surface area contributed by atoms with Crippen LogP contribution in [0.15, 0.2) is 24.3 Å². The van der Waals surface area contributed by atoms with E-state index in [0.29, 0.717) is 25.7 Å². The fourth-order valence-electron chi connectivity index (χ4n) is 7.07. The van der Waals surface area contributed by atoms with Crippen molar-refractivity contribution in [2.24, 2.45) is 11.8 Å². The minimum atomic E-state index is -4.85. The van der Waals surface area contributed by atoms with Gasteiger partial charge in [0.15, 0.2) is 6.10 Å². The van der Waals surface area contributed by atoms with Crippen LogP contribution in [0.4, 0.5) is 0 Å². The Morgan fingerprint density at radius 2 is 1.23 bits per heavy atom. The molecule has 13 heteroatoms. The number of phosphoric acid groups is 1. The summed E-state index contributed by atoms with van der Waals surface area (Å²) in [6.45, 7) is 3.26. The maximum absolute atomic E-state index is 12.7. The highest BCUT2D eigenvalue weighted by Gasteiger charge is 2.41. The normalized spacial score (nSPS) is 19.8. The van der Waals surface area contributed by atoms with E-state index >= 15 is 0 Å². The first-order valence-corrected chi connectivity index (χ1v) is 23.3. The van der Waals surface area contributed by atoms with E-state index in [4.69, 9.17) is 19.3 Å². The summed E-state index contributed by atoms with van der Waals surface area (Å²) in [5, 5.41) is 31.2. The second-order valence-corrected chi connectivity index (χ2v) is 16.9. The standard InChI is InChI=1S/C43H77O12P/c1-3-5-7-8-9-10-11-12-13-14-15-16-17-18-19-20-22-28-43(49)55-37(34-54-56(50,51)52)33-53-42(48)27-24-23-26-36(45)31-39-38(40(46)32-41(39)47)30-29-35(44)25-21-6-4-2/h12-13,29-30,35,37-41,44,46-47H,3-11,14-28,31-34H2,1-2H3,(H2,50,51,52)/b13-12-,30-29+/t35-,37+,38+,39+,40+,41-/m0/s1. The summed E-state index contributed by atoms with van der Waals surface area (Å²) in [6.07, 6.45) is 26.7. The van der Waals surface area contributed by atoms with Gasteiger partial charge in [0.1, 0.15) is 12.4 Å². The molecule has 0 aromatic carbocycles. The molecule has 6 atom stereocenters. The van der Waals surface area contributed by atoms with Crippen LogP contribution in [0.3, 0.4) is 0 Å². The lowest BCUT2D eigenvalue weighted by molar-refractivity contribution is -0.161. The number of rotatable bonds is 36. The van der Waals surface area contributed by atoms with Crippen molar-refractivity contribution in [3.63, 3.8) is 0 Å². The number of aliphatic hydroxyl groups excluding tert-OH is 3. The van der Waals surface area contributed by atoms with Crippen LogP contribution in [0.2, 0.25) is 0 Å². The number of hydrogen-bond acceptors (Lipinski definition) is 10. The molecule has 5 N–H and O–H groups in total. The van der Waals surface area contributed by atoms with E-state index in [1.807, 2.05) is 0 Å². The Labute approximate surface area is 337 Å². The quantitative estimate of drug-likeness (QED) is 0.0175. The molecule has 1 aliphatic carbocycles. The molecule has 0 aliphatic heterocycles. The van der Waals surface area contributed by atoms with Gasteiger partial charge in [-0.2, -0.15) is 0 Å². The first kappa shape index (κ1) is 52.1. The monoisotopic (exact) mass is 817 g/mol. The maximum atomic E-state index is 12.7. The van der Waals surface area contributed by atoms with Crippen LogP contribution in [-0.4, -0.2) is 80.5 Å². The summed E-state index contributed by atoms with van der Waals surface area (Å²) in [4.78, 5) is 55.8. The van der Waals surface area contributed by atoms with Crippen LogP contribution in [0.5, 0.6) is 0 Å². The number of allylic oxidation sites excluding steroid dienone is 2. The lowest BCUT2D eigenvalue weighted by atomic mass is 9.87. The van der Waals surface area contributed by atoms with Gasteiger partial charge in [0, 0.05) is 43.9 Å². The third-order valence-electron chi connectivity index (χ3n) is 10.4. The van der Waals surface area contributed by atoms with Gasteiger partial charge in [-0.3, -0.25) is 18.9 Å². The van der Waals surface area contributed by atoms with Gasteiger partial charge < -0.3 is 34.6 Å². The second-order valence-electron chi connectivity index (χ2n) is 15.6. The maximum Gasteiger partial charge on any atom is 0.469 e. The van der Waals surface area contributed by atoms with Crippen molar-refractivity contribution in [3.05, 3.63) is 24.3 Å². The fraction of sp³-hybridized carbons (Fsp3) is 0.837. The molecule has 0 spiro atoms. The van der Waals surface area contributed by atoms with Crippen molar-refractivity contribution in [3.8, 4) is 0 Å². The molecule has 0 aromatic heterocycles. The fourth-order valence-corrected chi connectivity index (χ4v) is 7.43. The molecule has 0 radical (unpaired) electrons. The van der Waals surface area contributed by atoms with Crippen molar-refractivity contribution >= 4 is 25.5 Å². The van der Waals surface area contributed by atoms with Crippen molar-refractivity contribution < 1.29 is 58.1 Å². The lowest BCUT2D eigenvalue weighted by Crippen LogP contribution is -2.29. The van der Waals surface area contributed by atoms with Gasteiger partial charge in [0.2, 0.25) is 0 Å². The van der Waals surface area contributed by atoms with Crippen LogP contribution in [0.1, 0.15) is 181 Å². The number of Topliss-reactive ketones (excluding diaryl/α,β-unsaturated/α-hetero) is 1. The molecule has 0 aromatic rings. The van der Waals surface area contributed by atoms with E-state index in [-0.39, 0.29) is 37.9 Å². The summed E-state index contributed by atoms with van der Waals surface area (Å²) >= 11 is 0. The predicted octanol–water partition coefficient (Wildman–Crippen LogP) is 8.74. The smallest absolute Gasteiger partial charge is 0.462 e. The molecule has 0 heterocycles. The summed E-state index contributed by atoms with van der Waals surface area (Å²) in [6, 6.07) is 0. The van der Waals surface area contributed by atoms with Gasteiger partial charge >= 0.3 is 19.8 Å². The first-order chi connectivity index (χ1) is 26.9. The molecular formula is C43H77O12P. The van der Waals surface area contributed by atoms with Crippen molar-refractivity contribution in [2.45, 2.75) is 205 Å². The third-order valence-corrected chi connectivity index (χ3v) is 10.9. The molecular weight excluding hydrogens is 739 g/mol. The molecule has 1 saturated carbocycles. The van der Waals surface area contributed by atoms with Gasteiger partial charge in [-0.15, -0.1) is 0 Å². The van der Waals surface area contributed by atoms with Gasteiger partial charge in [-0.05, 0) is 51.4 Å². The number of esters is 2. The Morgan fingerprint density at radius 3 is 1.86 bits per heavy atom. The van der Waals surface area contributed by atoms with Crippen LogP contribution < -0.4 is 0 Å². The van der Waals surface area contributed by atoms with E-state index in [0.717, 1.165) is 51.4 Å². The Balaban J connectivity index is 2.29. The number of aliphatic hydroxyl groups is 3. The van der Waals surface area contributed by atoms with Gasteiger partial charge in [-0.1, -0.05) is 122 Å². The molecule has 1 fully saturated rings. The number of ketones is 1. The van der Waals surface area contributed by atoms with Crippen LogP contribution >= 0.6 is 7.82 Å². The molecule has 0 saturated heterocycles. The predicted molar refractivity (Wildman–Crippen MR) is 219 cm³/mol. The summed E-state index contributed by atoms with van der Waals surface area (Å²) in [5.41, 5.74) is 0. The summed E-state index contributed by atoms with van der Waals surface area (Å²) in [7, 11) is -4.85. The molecule has 1 rings (SSSR count). The molecule has 1 aliphatic rings. The number of ether oxygens (including phenoxy) is 2. The molecule has 0 unspecified atom stereocenters. The minimum Gasteiger partial charge on any atom is -0.462 e. The zero-order valence-corrected chi connectivity index (χ0v) is 35.5. The zero-order valence-electron chi connectivity index (χ0n) is 34.6. The summed E-state index contributed by atoms with van der Waals surface area (Å²) in [5.74, 6) is -2.16. The van der Waals surface area contributed by atoms with E-state index < -0.39 is 69.2 Å². The topological polar surface area (TPSA) is 197 Å². The lowest BCUT2D eigenvalue weighted by Gasteiger charge is -2.20. The zero-order chi connectivity index (χ0) is 41.4. The number of unbranched alkanes of at least 4 members (excludes halogenated alkanes) is 16. The largest absolute Gasteiger partial charge is 0.469 e. The molecule has 12 nitrogen and oxygen atoms in total. The highest BCUT2D eigenvalue weighted by atomic mass is 31.2. The van der Waals surface area contributed by atoms with E-state index in [2.05, 4.69) is 30.5 Å². The van der Waals surface area contributed by atoms with Crippen LogP contribution in [0.25, 0.3) is 0 Å². The number of carbonyl (C=O) groups excluding carboxylic acids is 3. The van der Waals surface area contributed by atoms with Crippen LogP contribution in [-0.2, 0) is 32.9 Å². The Bertz CT molecular complexity index is 1140. The number of phosphoric ester groups is 1. The number of hydrogen-bond donors (Lipinski definition) is 5. The van der Waals surface area contributed by atoms with Gasteiger partial charge in [0.25, 0.3) is 0 Å². The Kier molecular flexibility index (Phi) is 30.7. The number of carbonyl (C=O) groups is 3.